The zero-order chi connectivity index (χ0) is 15.2. The van der Waals surface area contributed by atoms with Crippen LogP contribution in [0.3, 0.4) is 0 Å². The fourth-order valence-corrected chi connectivity index (χ4v) is 1.68. The van der Waals surface area contributed by atoms with E-state index >= 15 is 0 Å². The molecule has 1 rings (SSSR count). The Morgan fingerprint density at radius 2 is 2.10 bits per heavy atom. The number of halogens is 4. The molecule has 0 aromatic carbocycles. The largest absolute Gasteiger partial charge is 0.417 e. The van der Waals surface area contributed by atoms with Crippen molar-refractivity contribution in [1.82, 2.24) is 9.88 Å². The number of nitrogens with one attached hydrogen (secondary N) is 1. The molecule has 0 spiro atoms. The number of methoxy groups -OCH3 is 1. The highest BCUT2D eigenvalue weighted by atomic mass is 35.5. The lowest BCUT2D eigenvalue weighted by molar-refractivity contribution is -0.137. The molecule has 1 heterocycles. The van der Waals surface area contributed by atoms with Crippen LogP contribution in [0.4, 0.5) is 19.0 Å². The van der Waals surface area contributed by atoms with Gasteiger partial charge in [-0.05, 0) is 13.1 Å². The van der Waals surface area contributed by atoms with Gasteiger partial charge in [0.1, 0.15) is 5.82 Å². The summed E-state index contributed by atoms with van der Waals surface area (Å²) in [7, 11) is 3.54. The van der Waals surface area contributed by atoms with Gasteiger partial charge in [-0.1, -0.05) is 11.6 Å². The molecule has 0 atom stereocenters. The van der Waals surface area contributed by atoms with Gasteiger partial charge >= 0.3 is 6.18 Å². The van der Waals surface area contributed by atoms with Crippen LogP contribution in [0.2, 0.25) is 5.02 Å². The minimum Gasteiger partial charge on any atom is -0.383 e. The van der Waals surface area contributed by atoms with Crippen LogP contribution in [0.15, 0.2) is 12.3 Å². The lowest BCUT2D eigenvalue weighted by Crippen LogP contribution is -2.28. The van der Waals surface area contributed by atoms with Gasteiger partial charge in [-0.2, -0.15) is 13.2 Å². The maximum atomic E-state index is 12.4. The first-order chi connectivity index (χ1) is 9.34. The number of ether oxygens (including phenoxy) is 1. The molecular formula is C12H17ClF3N3O. The summed E-state index contributed by atoms with van der Waals surface area (Å²) in [5.41, 5.74) is -0.856. The second kappa shape index (κ2) is 7.66. The highest BCUT2D eigenvalue weighted by Crippen LogP contribution is 2.32. The molecule has 114 valence electrons. The smallest absolute Gasteiger partial charge is 0.383 e. The van der Waals surface area contributed by atoms with Gasteiger partial charge in [0.2, 0.25) is 0 Å². The fraction of sp³-hybridized carbons (Fsp3) is 0.583. The fourth-order valence-electron chi connectivity index (χ4n) is 1.45. The number of nitrogens with zero attached hydrogens (tertiary/aromatic N) is 2. The summed E-state index contributed by atoms with van der Waals surface area (Å²) in [5.74, 6) is 0.250. The molecule has 0 fully saturated rings. The summed E-state index contributed by atoms with van der Waals surface area (Å²) >= 11 is 5.78. The summed E-state index contributed by atoms with van der Waals surface area (Å²) in [6.07, 6.45) is -3.67. The van der Waals surface area contributed by atoms with Crippen molar-refractivity contribution >= 4 is 17.4 Å². The molecule has 1 aromatic heterocycles. The van der Waals surface area contributed by atoms with Crippen molar-refractivity contribution in [2.45, 2.75) is 6.18 Å². The molecule has 1 aromatic rings. The van der Waals surface area contributed by atoms with Crippen molar-refractivity contribution in [3.63, 3.8) is 0 Å². The topological polar surface area (TPSA) is 37.4 Å². The van der Waals surface area contributed by atoms with Crippen LogP contribution in [0.5, 0.6) is 0 Å². The van der Waals surface area contributed by atoms with Crippen molar-refractivity contribution in [1.29, 1.82) is 0 Å². The molecule has 4 nitrogen and oxygen atoms in total. The van der Waals surface area contributed by atoms with E-state index in [0.29, 0.717) is 19.7 Å². The standard InChI is InChI=1S/C12H17ClF3N3O/c1-19(5-6-20-2)4-3-17-11-10(13)7-9(8-18-11)12(14,15)16/h7-8H,3-6H2,1-2H3,(H,17,18). The summed E-state index contributed by atoms with van der Waals surface area (Å²) in [6.45, 7) is 2.61. The zero-order valence-corrected chi connectivity index (χ0v) is 12.1. The van der Waals surface area contributed by atoms with Crippen LogP contribution in [0.25, 0.3) is 0 Å². The maximum absolute atomic E-state index is 12.4. The van der Waals surface area contributed by atoms with E-state index in [9.17, 15) is 13.2 Å². The van der Waals surface area contributed by atoms with Crippen LogP contribution in [-0.4, -0.2) is 50.3 Å². The molecule has 0 bridgehead atoms. The third kappa shape index (κ3) is 5.52. The van der Waals surface area contributed by atoms with Gasteiger partial charge < -0.3 is 15.0 Å². The third-order valence-corrected chi connectivity index (χ3v) is 2.92. The summed E-state index contributed by atoms with van der Waals surface area (Å²) in [6, 6.07) is 0.867. The van der Waals surface area contributed by atoms with Crippen molar-refractivity contribution in [3.8, 4) is 0 Å². The van der Waals surface area contributed by atoms with Crippen LogP contribution < -0.4 is 5.32 Å². The Morgan fingerprint density at radius 1 is 1.40 bits per heavy atom. The van der Waals surface area contributed by atoms with Crippen molar-refractivity contribution in [2.24, 2.45) is 0 Å². The predicted molar refractivity (Wildman–Crippen MR) is 72.1 cm³/mol. The van der Waals surface area contributed by atoms with Crippen molar-refractivity contribution in [2.75, 3.05) is 45.7 Å². The van der Waals surface area contributed by atoms with E-state index in [1.54, 1.807) is 7.11 Å². The molecule has 8 heteroatoms. The monoisotopic (exact) mass is 311 g/mol. The Labute approximate surface area is 120 Å². The summed E-state index contributed by atoms with van der Waals surface area (Å²) < 4.78 is 42.3. The Kier molecular flexibility index (Phi) is 6.51. The molecule has 0 aliphatic rings. The summed E-state index contributed by atoms with van der Waals surface area (Å²) in [5, 5.41) is 2.86. The molecule has 0 amide bonds. The normalized spacial score (nSPS) is 11.9. The van der Waals surface area contributed by atoms with E-state index in [-0.39, 0.29) is 10.8 Å². The van der Waals surface area contributed by atoms with E-state index < -0.39 is 11.7 Å². The van der Waals surface area contributed by atoms with Gasteiger partial charge in [0.05, 0.1) is 17.2 Å². The average molecular weight is 312 g/mol. The number of pyridine rings is 1. The van der Waals surface area contributed by atoms with Crippen molar-refractivity contribution < 1.29 is 17.9 Å². The predicted octanol–water partition coefficient (Wildman–Crippen LogP) is 2.74. The maximum Gasteiger partial charge on any atom is 0.417 e. The quantitative estimate of drug-likeness (QED) is 0.840. The summed E-state index contributed by atoms with van der Waals surface area (Å²) in [4.78, 5) is 5.72. The van der Waals surface area contributed by atoms with Gasteiger partial charge in [0.25, 0.3) is 0 Å². The van der Waals surface area contributed by atoms with Gasteiger partial charge in [-0.25, -0.2) is 4.98 Å². The van der Waals surface area contributed by atoms with Crippen LogP contribution >= 0.6 is 11.6 Å². The second-order valence-electron chi connectivity index (χ2n) is 4.28. The number of rotatable bonds is 7. The first-order valence-corrected chi connectivity index (χ1v) is 6.36. The Hall–Kier alpha value is -1.05. The van der Waals surface area contributed by atoms with Crippen LogP contribution in [-0.2, 0) is 10.9 Å². The lowest BCUT2D eigenvalue weighted by Gasteiger charge is -2.17. The number of anilines is 1. The molecule has 0 saturated carbocycles. The molecule has 0 aliphatic carbocycles. The van der Waals surface area contributed by atoms with Gasteiger partial charge in [-0.3, -0.25) is 0 Å². The first-order valence-electron chi connectivity index (χ1n) is 5.98. The highest BCUT2D eigenvalue weighted by molar-refractivity contribution is 6.32. The number of hydrogen-bond donors (Lipinski definition) is 1. The molecule has 0 unspecified atom stereocenters. The molecule has 0 saturated heterocycles. The van der Waals surface area contributed by atoms with E-state index in [1.165, 1.54) is 0 Å². The van der Waals surface area contributed by atoms with E-state index in [2.05, 4.69) is 10.3 Å². The van der Waals surface area contributed by atoms with Crippen LogP contribution in [0, 0.1) is 0 Å². The SMILES string of the molecule is COCCN(C)CCNc1ncc(C(F)(F)F)cc1Cl. The number of aromatic nitrogens is 1. The number of hydrogen-bond acceptors (Lipinski definition) is 4. The number of alkyl halides is 3. The molecular weight excluding hydrogens is 295 g/mol. The van der Waals surface area contributed by atoms with E-state index in [1.807, 2.05) is 11.9 Å². The minimum atomic E-state index is -4.43. The van der Waals surface area contributed by atoms with Gasteiger partial charge in [-0.15, -0.1) is 0 Å². The Morgan fingerprint density at radius 3 is 2.65 bits per heavy atom. The van der Waals surface area contributed by atoms with Crippen molar-refractivity contribution in [3.05, 3.63) is 22.8 Å². The molecule has 0 radical (unpaired) electrons. The molecule has 1 N–H and O–H groups in total. The first kappa shape index (κ1) is 17.0. The highest BCUT2D eigenvalue weighted by Gasteiger charge is 2.31. The average Bonchev–Trinajstić information content (AvgIpc) is 2.37. The van der Waals surface area contributed by atoms with Crippen LogP contribution in [0.1, 0.15) is 5.56 Å². The Balaban J connectivity index is 2.49. The van der Waals surface area contributed by atoms with Gasteiger partial charge in [0, 0.05) is 32.9 Å². The zero-order valence-electron chi connectivity index (χ0n) is 11.3. The minimum absolute atomic E-state index is 0.0423. The van der Waals surface area contributed by atoms with E-state index in [0.717, 1.165) is 18.8 Å². The van der Waals surface area contributed by atoms with Gasteiger partial charge in [0.15, 0.2) is 0 Å². The Bertz CT molecular complexity index is 429. The lowest BCUT2D eigenvalue weighted by atomic mass is 10.3. The molecule has 20 heavy (non-hydrogen) atoms. The third-order valence-electron chi connectivity index (χ3n) is 2.63. The number of likely N-dealkylation sites (N-methyl/N-ethyl adjacent to an activating group) is 1. The molecule has 0 aliphatic heterocycles. The van der Waals surface area contributed by atoms with E-state index in [4.69, 9.17) is 16.3 Å². The second-order valence-corrected chi connectivity index (χ2v) is 4.68.